The van der Waals surface area contributed by atoms with Gasteiger partial charge in [-0.2, -0.15) is 22.8 Å². The van der Waals surface area contributed by atoms with Crippen molar-refractivity contribution in [2.24, 2.45) is 5.92 Å². The molecule has 3 heterocycles. The second-order valence-corrected chi connectivity index (χ2v) is 12.2. The number of benzene rings is 2. The van der Waals surface area contributed by atoms with E-state index in [1.54, 1.807) is 19.2 Å². The van der Waals surface area contributed by atoms with E-state index in [2.05, 4.69) is 55.7 Å². The minimum absolute atomic E-state index is 0.0231. The van der Waals surface area contributed by atoms with Crippen LogP contribution in [0.15, 0.2) is 72.7 Å². The summed E-state index contributed by atoms with van der Waals surface area (Å²) in [5.41, 5.74) is 8.22. The molecule has 1 aliphatic heterocycles. The molecule has 2 atom stereocenters. The Balaban J connectivity index is 1.32. The van der Waals surface area contributed by atoms with Gasteiger partial charge in [0.15, 0.2) is 5.54 Å². The van der Waals surface area contributed by atoms with Gasteiger partial charge in [-0.15, -0.1) is 12.0 Å². The lowest BCUT2D eigenvalue weighted by molar-refractivity contribution is -0.195. The number of aryl methyl sites for hydroxylation is 1. The Morgan fingerprint density at radius 3 is 2.49 bits per heavy atom. The second-order valence-electron chi connectivity index (χ2n) is 12.2. The summed E-state index contributed by atoms with van der Waals surface area (Å²) >= 11 is 0. The summed E-state index contributed by atoms with van der Waals surface area (Å²) in [6, 6.07) is 17.7. The normalized spacial score (nSPS) is 18.0. The van der Waals surface area contributed by atoms with Gasteiger partial charge in [-0.3, -0.25) is 9.99 Å². The van der Waals surface area contributed by atoms with E-state index in [1.807, 2.05) is 24.3 Å². The predicted molar refractivity (Wildman–Crippen MR) is 169 cm³/mol. The van der Waals surface area contributed by atoms with E-state index < -0.39 is 23.7 Å². The summed E-state index contributed by atoms with van der Waals surface area (Å²) in [5, 5.41) is 18.9. The molecule has 12 heteroatoms. The van der Waals surface area contributed by atoms with Gasteiger partial charge in [0.2, 0.25) is 5.95 Å². The predicted octanol–water partition coefficient (Wildman–Crippen LogP) is 6.91. The van der Waals surface area contributed by atoms with Crippen molar-refractivity contribution >= 4 is 22.3 Å². The molecule has 2 fully saturated rings. The van der Waals surface area contributed by atoms with Crippen LogP contribution in [0.1, 0.15) is 65.7 Å². The van der Waals surface area contributed by atoms with Crippen molar-refractivity contribution in [3.63, 3.8) is 0 Å². The first kappa shape index (κ1) is 30.3. The Bertz CT molecular complexity index is 1970. The maximum Gasteiger partial charge on any atom is 0.413 e. The molecule has 47 heavy (non-hydrogen) atoms. The number of hydrogen-bond donors (Lipinski definition) is 4. The number of anilines is 2. The van der Waals surface area contributed by atoms with E-state index in [1.165, 1.54) is 18.3 Å². The minimum atomic E-state index is -4.45. The third-order valence-electron chi connectivity index (χ3n) is 9.13. The van der Waals surface area contributed by atoms with E-state index in [4.69, 9.17) is 6.42 Å². The Hall–Kier alpha value is -5.33. The van der Waals surface area contributed by atoms with Crippen molar-refractivity contribution in [3.05, 3.63) is 107 Å². The monoisotopic (exact) mass is 638 g/mol. The first-order chi connectivity index (χ1) is 22.6. The molecular weight excluding hydrogens is 608 g/mol. The first-order valence-corrected chi connectivity index (χ1v) is 15.3. The fourth-order valence-electron chi connectivity index (χ4n) is 6.28. The Kier molecular flexibility index (Phi) is 7.41. The minimum Gasteiger partial charge on any atom is -0.376 e. The Morgan fingerprint density at radius 2 is 1.85 bits per heavy atom. The summed E-state index contributed by atoms with van der Waals surface area (Å²) < 4.78 is 56.0. The largest absolute Gasteiger partial charge is 0.413 e. The molecule has 4 N–H and O–H groups in total. The van der Waals surface area contributed by atoms with Crippen LogP contribution in [0.5, 0.6) is 0 Å². The highest BCUT2D eigenvalue weighted by molar-refractivity contribution is 5.99. The van der Waals surface area contributed by atoms with Crippen LogP contribution in [0.2, 0.25) is 0 Å². The standard InChI is InChI=1S/C35H30F4N8/c1-3-21-18-41-31-24(17-40)15-25(16-27(31)32(21)44-30(23-9-10-23)22-7-5-4-6-8-22)43-33(26-11-12-29(36)42-20(26)2)28-19-47(46-45-28)34(13-14-34)35(37,38)39/h1,4-8,11-12,15-16,18-19,23,30,33,43,45-46H,9-10,13-14H2,2H3,(H,41,44)/t30-,33-/m0/s1. The fourth-order valence-corrected chi connectivity index (χ4v) is 6.28. The molecule has 0 unspecified atom stereocenters. The number of hydrogen-bond acceptors (Lipinski definition) is 8. The summed E-state index contributed by atoms with van der Waals surface area (Å²) in [6.45, 7) is 1.62. The molecule has 0 radical (unpaired) electrons. The van der Waals surface area contributed by atoms with Crippen molar-refractivity contribution in [2.45, 2.75) is 56.4 Å². The van der Waals surface area contributed by atoms with E-state index in [0.717, 1.165) is 23.4 Å². The number of aromatic nitrogens is 2. The van der Waals surface area contributed by atoms with Crippen LogP contribution < -0.4 is 21.6 Å². The number of terminal acetylenes is 1. The zero-order valence-electron chi connectivity index (χ0n) is 25.3. The Labute approximate surface area is 268 Å². The number of fused-ring (bicyclic) bond motifs is 1. The summed E-state index contributed by atoms with van der Waals surface area (Å²) in [7, 11) is 0. The molecule has 8 nitrogen and oxygen atoms in total. The number of halogens is 4. The quantitative estimate of drug-likeness (QED) is 0.0892. The molecule has 7 rings (SSSR count). The number of alkyl halides is 3. The van der Waals surface area contributed by atoms with E-state index in [-0.39, 0.29) is 24.4 Å². The van der Waals surface area contributed by atoms with Crippen LogP contribution in [0.4, 0.5) is 28.9 Å². The summed E-state index contributed by atoms with van der Waals surface area (Å²) in [4.78, 5) is 8.50. The van der Waals surface area contributed by atoms with Crippen molar-refractivity contribution in [1.82, 2.24) is 25.9 Å². The summed E-state index contributed by atoms with van der Waals surface area (Å²) in [6.07, 6.45) is 6.47. The van der Waals surface area contributed by atoms with Crippen molar-refractivity contribution < 1.29 is 17.6 Å². The lowest BCUT2D eigenvalue weighted by atomic mass is 9.98. The third kappa shape index (κ3) is 5.55. The molecule has 2 aromatic carbocycles. The van der Waals surface area contributed by atoms with Crippen molar-refractivity contribution in [2.75, 3.05) is 10.6 Å². The molecule has 2 aromatic heterocycles. The van der Waals surface area contributed by atoms with Crippen LogP contribution in [0.25, 0.3) is 10.9 Å². The highest BCUT2D eigenvalue weighted by Gasteiger charge is 2.67. The van der Waals surface area contributed by atoms with Gasteiger partial charge in [-0.25, -0.2) is 4.98 Å². The lowest BCUT2D eigenvalue weighted by Gasteiger charge is -2.28. The van der Waals surface area contributed by atoms with E-state index in [9.17, 15) is 22.8 Å². The van der Waals surface area contributed by atoms with Gasteiger partial charge in [0.25, 0.3) is 0 Å². The molecule has 3 aliphatic rings. The average Bonchev–Trinajstić information content (AvgIpc) is 4.00. The number of nitrogens with one attached hydrogen (secondary N) is 4. The van der Waals surface area contributed by atoms with Crippen LogP contribution in [-0.4, -0.2) is 26.7 Å². The highest BCUT2D eigenvalue weighted by atomic mass is 19.4. The molecule has 238 valence electrons. The highest BCUT2D eigenvalue weighted by Crippen LogP contribution is 2.54. The van der Waals surface area contributed by atoms with Gasteiger partial charge in [0.1, 0.15) is 6.07 Å². The Morgan fingerprint density at radius 1 is 1.09 bits per heavy atom. The number of hydrazine groups is 2. The molecule has 0 amide bonds. The van der Waals surface area contributed by atoms with Crippen LogP contribution in [0.3, 0.4) is 0 Å². The van der Waals surface area contributed by atoms with Gasteiger partial charge in [-0.1, -0.05) is 42.3 Å². The number of pyridine rings is 2. The first-order valence-electron chi connectivity index (χ1n) is 15.3. The molecule has 0 spiro atoms. The molecular formula is C35H30F4N8. The molecule has 2 saturated carbocycles. The zero-order valence-corrected chi connectivity index (χ0v) is 25.3. The second kappa shape index (κ2) is 11.5. The maximum atomic E-state index is 14.1. The maximum absolute atomic E-state index is 14.1. The summed E-state index contributed by atoms with van der Waals surface area (Å²) in [5.74, 6) is 2.45. The smallest absolute Gasteiger partial charge is 0.376 e. The third-order valence-corrected chi connectivity index (χ3v) is 9.13. The van der Waals surface area contributed by atoms with Crippen molar-refractivity contribution in [3.8, 4) is 18.4 Å². The molecule has 0 saturated heterocycles. The van der Waals surface area contributed by atoms with Crippen molar-refractivity contribution in [1.29, 1.82) is 5.26 Å². The van der Waals surface area contributed by atoms with Gasteiger partial charge >= 0.3 is 6.18 Å². The van der Waals surface area contributed by atoms with Gasteiger partial charge < -0.3 is 16.1 Å². The van der Waals surface area contributed by atoms with E-state index >= 15 is 0 Å². The average molecular weight is 639 g/mol. The van der Waals surface area contributed by atoms with Gasteiger partial charge in [0.05, 0.1) is 40.1 Å². The zero-order chi connectivity index (χ0) is 32.9. The molecule has 2 aliphatic carbocycles. The van der Waals surface area contributed by atoms with E-state index in [0.29, 0.717) is 50.7 Å². The van der Waals surface area contributed by atoms with Gasteiger partial charge in [0, 0.05) is 34.7 Å². The van der Waals surface area contributed by atoms with Crippen LogP contribution in [-0.2, 0) is 0 Å². The van der Waals surface area contributed by atoms with Gasteiger partial charge in [-0.05, 0) is 62.3 Å². The topological polar surface area (TPSA) is 101 Å². The molecule has 4 aromatic rings. The number of nitrogens with zero attached hydrogens (tertiary/aromatic N) is 4. The van der Waals surface area contributed by atoms with Crippen LogP contribution >= 0.6 is 0 Å². The SMILES string of the molecule is C#Cc1cnc2c(C#N)cc(N[C@H](C3=CN(C4(C(F)(F)F)CC4)NN3)c3ccc(F)nc3C)cc2c1N[C@@H](c1ccccc1)C1CC1. The number of rotatable bonds is 9. The fraction of sp³-hybridized carbons (Fsp3) is 0.286. The molecule has 0 bridgehead atoms. The van der Waals surface area contributed by atoms with Crippen LogP contribution in [0, 0.1) is 42.5 Å². The lowest BCUT2D eigenvalue weighted by Crippen LogP contribution is -2.52. The number of nitriles is 1.